The van der Waals surface area contributed by atoms with Crippen molar-refractivity contribution in [2.75, 3.05) is 11.9 Å². The van der Waals surface area contributed by atoms with E-state index in [-0.39, 0.29) is 24.2 Å². The largest absolute Gasteiger partial charge is 0.344 e. The van der Waals surface area contributed by atoms with E-state index in [1.165, 1.54) is 10.8 Å². The Kier molecular flexibility index (Phi) is 8.67. The standard InChI is InChI=1S/C29H33N9O4/c1-38-16-23(27(40)33-29(38)42)19-6-2-17(3-7-19)14-24(32-26(39)21-8-4-18(15-30)5-9-21)28(41)31-22-12-10-20(11-13-22)25-34-36-37-35-25/h2-3,6-7,10-13,16,18,21,24H,4-5,8-9,14-15,30H2,1H3,(H,31,41)(H,32,39)(H,33,40,42)(H,34,35,36,37)/t18-,21-,24-/m0/s1. The van der Waals surface area contributed by atoms with E-state index < -0.39 is 17.3 Å². The average molecular weight is 572 g/mol. The van der Waals surface area contributed by atoms with Gasteiger partial charge in [-0.1, -0.05) is 24.3 Å². The summed E-state index contributed by atoms with van der Waals surface area (Å²) in [6, 6.07) is 13.3. The molecule has 0 bridgehead atoms. The van der Waals surface area contributed by atoms with Gasteiger partial charge < -0.3 is 20.9 Å². The minimum absolute atomic E-state index is 0.147. The molecule has 2 aromatic carbocycles. The Labute approximate surface area is 240 Å². The molecule has 2 heterocycles. The Morgan fingerprint density at radius 3 is 2.36 bits per heavy atom. The highest BCUT2D eigenvalue weighted by Gasteiger charge is 2.29. The zero-order valence-electron chi connectivity index (χ0n) is 23.2. The fourth-order valence-corrected chi connectivity index (χ4v) is 5.20. The van der Waals surface area contributed by atoms with E-state index in [0.29, 0.717) is 35.1 Å². The van der Waals surface area contributed by atoms with Crippen molar-refractivity contribution in [3.05, 3.63) is 81.1 Å². The molecule has 1 atom stereocenters. The molecule has 0 saturated heterocycles. The Morgan fingerprint density at radius 1 is 1.02 bits per heavy atom. The predicted octanol–water partition coefficient (Wildman–Crippen LogP) is 1.35. The first-order chi connectivity index (χ1) is 20.3. The van der Waals surface area contributed by atoms with Gasteiger partial charge in [-0.3, -0.25) is 19.4 Å². The quantitative estimate of drug-likeness (QED) is 0.199. The van der Waals surface area contributed by atoms with Crippen molar-refractivity contribution >= 4 is 17.5 Å². The van der Waals surface area contributed by atoms with E-state index >= 15 is 0 Å². The molecule has 42 heavy (non-hydrogen) atoms. The number of hydrogen-bond acceptors (Lipinski definition) is 8. The molecule has 4 aromatic rings. The number of nitrogens with two attached hydrogens (primary N) is 1. The number of aromatic nitrogens is 6. The number of aromatic amines is 2. The molecular formula is C29H33N9O4. The van der Waals surface area contributed by atoms with Crippen LogP contribution in [-0.2, 0) is 23.1 Å². The molecule has 1 aliphatic carbocycles. The highest BCUT2D eigenvalue weighted by molar-refractivity contribution is 5.97. The first kappa shape index (κ1) is 28.6. The third kappa shape index (κ3) is 6.69. The lowest BCUT2D eigenvalue weighted by Crippen LogP contribution is -2.48. The van der Waals surface area contributed by atoms with E-state index in [1.54, 1.807) is 55.6 Å². The molecule has 1 saturated carbocycles. The van der Waals surface area contributed by atoms with Gasteiger partial charge in [0.15, 0.2) is 0 Å². The topological polar surface area (TPSA) is 194 Å². The molecule has 13 heteroatoms. The van der Waals surface area contributed by atoms with Crippen LogP contribution in [0.2, 0.25) is 0 Å². The average Bonchev–Trinajstić information content (AvgIpc) is 3.55. The molecule has 6 N–H and O–H groups in total. The van der Waals surface area contributed by atoms with Crippen LogP contribution in [0.5, 0.6) is 0 Å². The van der Waals surface area contributed by atoms with Gasteiger partial charge in [-0.05, 0) is 78.8 Å². The number of benzene rings is 2. The van der Waals surface area contributed by atoms with Crippen LogP contribution < -0.4 is 27.6 Å². The summed E-state index contributed by atoms with van der Waals surface area (Å²) in [6.45, 7) is 0.617. The maximum absolute atomic E-state index is 13.5. The maximum Gasteiger partial charge on any atom is 0.328 e. The highest BCUT2D eigenvalue weighted by atomic mass is 16.2. The molecule has 5 rings (SSSR count). The zero-order chi connectivity index (χ0) is 29.6. The van der Waals surface area contributed by atoms with Crippen LogP contribution in [-0.4, -0.2) is 54.6 Å². The second-order valence-electron chi connectivity index (χ2n) is 10.6. The molecule has 0 spiro atoms. The fraction of sp³-hybridized carbons (Fsp3) is 0.345. The van der Waals surface area contributed by atoms with Gasteiger partial charge in [0.25, 0.3) is 5.56 Å². The number of anilines is 1. The number of carbonyl (C=O) groups is 2. The minimum Gasteiger partial charge on any atom is -0.344 e. The lowest BCUT2D eigenvalue weighted by atomic mass is 9.81. The van der Waals surface area contributed by atoms with Gasteiger partial charge >= 0.3 is 5.69 Å². The number of rotatable bonds is 9. The third-order valence-corrected chi connectivity index (χ3v) is 7.75. The Balaban J connectivity index is 1.33. The molecule has 1 fully saturated rings. The zero-order valence-corrected chi connectivity index (χ0v) is 23.2. The fourth-order valence-electron chi connectivity index (χ4n) is 5.20. The molecule has 218 valence electrons. The van der Waals surface area contributed by atoms with Crippen molar-refractivity contribution in [1.29, 1.82) is 0 Å². The Bertz CT molecular complexity index is 1640. The first-order valence-electron chi connectivity index (χ1n) is 13.8. The van der Waals surface area contributed by atoms with Crippen molar-refractivity contribution in [3.8, 4) is 22.5 Å². The number of aryl methyl sites for hydroxylation is 1. The third-order valence-electron chi connectivity index (χ3n) is 7.75. The van der Waals surface area contributed by atoms with Crippen LogP contribution in [0.4, 0.5) is 5.69 Å². The van der Waals surface area contributed by atoms with Crippen LogP contribution in [0.3, 0.4) is 0 Å². The van der Waals surface area contributed by atoms with Gasteiger partial charge in [0.1, 0.15) is 6.04 Å². The smallest absolute Gasteiger partial charge is 0.328 e. The lowest BCUT2D eigenvalue weighted by molar-refractivity contribution is -0.130. The van der Waals surface area contributed by atoms with Gasteiger partial charge in [-0.25, -0.2) is 4.79 Å². The Hall–Kier alpha value is -4.91. The van der Waals surface area contributed by atoms with Crippen LogP contribution in [0.15, 0.2) is 64.3 Å². The van der Waals surface area contributed by atoms with E-state index in [9.17, 15) is 19.2 Å². The lowest BCUT2D eigenvalue weighted by Gasteiger charge is -2.28. The van der Waals surface area contributed by atoms with Crippen molar-refractivity contribution in [2.45, 2.75) is 38.1 Å². The number of nitrogens with zero attached hydrogens (tertiary/aromatic N) is 4. The molecule has 2 aromatic heterocycles. The van der Waals surface area contributed by atoms with Crippen LogP contribution in [0.25, 0.3) is 22.5 Å². The van der Waals surface area contributed by atoms with Gasteiger partial charge in [0, 0.05) is 36.8 Å². The summed E-state index contributed by atoms with van der Waals surface area (Å²) in [5.74, 6) is 0.194. The van der Waals surface area contributed by atoms with E-state index in [2.05, 4.69) is 36.2 Å². The van der Waals surface area contributed by atoms with Crippen molar-refractivity contribution in [2.24, 2.45) is 24.6 Å². The minimum atomic E-state index is -0.839. The van der Waals surface area contributed by atoms with Gasteiger partial charge in [0.05, 0.1) is 5.56 Å². The SMILES string of the molecule is Cn1cc(-c2ccc(C[C@H](NC(=O)[C@H]3CC[C@H](CN)CC3)C(=O)Nc3ccc(-c4nn[nH]n4)cc3)cc2)c(=O)[nH]c1=O. The molecule has 13 nitrogen and oxygen atoms in total. The molecule has 0 radical (unpaired) electrons. The normalized spacial score (nSPS) is 17.4. The van der Waals surface area contributed by atoms with E-state index in [1.807, 2.05) is 0 Å². The molecule has 1 aliphatic rings. The number of amides is 2. The number of nitrogens with one attached hydrogen (secondary N) is 4. The molecule has 2 amide bonds. The van der Waals surface area contributed by atoms with Crippen LogP contribution in [0, 0.1) is 11.8 Å². The number of hydrogen-bond donors (Lipinski definition) is 5. The number of tetrazole rings is 1. The van der Waals surface area contributed by atoms with E-state index in [0.717, 1.165) is 36.8 Å². The van der Waals surface area contributed by atoms with Crippen molar-refractivity contribution in [1.82, 2.24) is 35.5 Å². The number of carbonyl (C=O) groups excluding carboxylic acids is 2. The highest BCUT2D eigenvalue weighted by Crippen LogP contribution is 2.28. The van der Waals surface area contributed by atoms with Crippen molar-refractivity contribution in [3.63, 3.8) is 0 Å². The monoisotopic (exact) mass is 571 g/mol. The molecule has 0 unspecified atom stereocenters. The second-order valence-corrected chi connectivity index (χ2v) is 10.6. The van der Waals surface area contributed by atoms with E-state index in [4.69, 9.17) is 5.73 Å². The van der Waals surface area contributed by atoms with Gasteiger partial charge in [0.2, 0.25) is 17.6 Å². The maximum atomic E-state index is 13.5. The summed E-state index contributed by atoms with van der Waals surface area (Å²) in [7, 11) is 1.56. The predicted molar refractivity (Wildman–Crippen MR) is 156 cm³/mol. The number of H-pyrrole nitrogens is 2. The summed E-state index contributed by atoms with van der Waals surface area (Å²) < 4.78 is 1.30. The Morgan fingerprint density at radius 2 is 1.71 bits per heavy atom. The summed E-state index contributed by atoms with van der Waals surface area (Å²) in [4.78, 5) is 53.1. The summed E-state index contributed by atoms with van der Waals surface area (Å²) in [6.07, 6.45) is 4.98. The summed E-state index contributed by atoms with van der Waals surface area (Å²) in [5.41, 5.74) is 7.89. The molecular weight excluding hydrogens is 538 g/mol. The summed E-state index contributed by atoms with van der Waals surface area (Å²) in [5, 5.41) is 19.8. The second kappa shape index (κ2) is 12.7. The van der Waals surface area contributed by atoms with Crippen LogP contribution in [0.1, 0.15) is 31.2 Å². The first-order valence-corrected chi connectivity index (χ1v) is 13.8. The molecule has 0 aliphatic heterocycles. The van der Waals surface area contributed by atoms with Gasteiger partial charge in [-0.15, -0.1) is 10.2 Å². The van der Waals surface area contributed by atoms with Crippen molar-refractivity contribution < 1.29 is 9.59 Å². The van der Waals surface area contributed by atoms with Gasteiger partial charge in [-0.2, -0.15) is 5.21 Å². The summed E-state index contributed by atoms with van der Waals surface area (Å²) >= 11 is 0. The van der Waals surface area contributed by atoms with Crippen LogP contribution >= 0.6 is 0 Å².